The third-order valence-corrected chi connectivity index (χ3v) is 6.32. The van der Waals surface area contributed by atoms with Gasteiger partial charge in [0, 0.05) is 19.6 Å². The van der Waals surface area contributed by atoms with Gasteiger partial charge in [-0.3, -0.25) is 0 Å². The number of hydrogen-bond acceptors (Lipinski definition) is 3. The van der Waals surface area contributed by atoms with Gasteiger partial charge in [0.05, 0.1) is 11.4 Å². The number of benzene rings is 2. The lowest BCUT2D eigenvalue weighted by Crippen LogP contribution is -2.48. The van der Waals surface area contributed by atoms with Crippen LogP contribution >= 0.6 is 0 Å². The molecule has 0 amide bonds. The van der Waals surface area contributed by atoms with Crippen molar-refractivity contribution < 1.29 is 8.42 Å². The zero-order chi connectivity index (χ0) is 20.9. The van der Waals surface area contributed by atoms with Gasteiger partial charge >= 0.3 is 0 Å². The van der Waals surface area contributed by atoms with Gasteiger partial charge in [-0.05, 0) is 48.4 Å². The van der Waals surface area contributed by atoms with Crippen LogP contribution in [0.2, 0.25) is 0 Å². The number of piperidine rings is 1. The second-order valence-electron chi connectivity index (χ2n) is 7.59. The number of likely N-dealkylation sites (tertiary alicyclic amines) is 1. The largest absolute Gasteiger partial charge is 0.357 e. The van der Waals surface area contributed by atoms with Crippen LogP contribution in [-0.2, 0) is 16.6 Å². The highest BCUT2D eigenvalue weighted by Crippen LogP contribution is 2.32. The van der Waals surface area contributed by atoms with E-state index in [0.29, 0.717) is 18.4 Å². The third-order valence-electron chi connectivity index (χ3n) is 5.41. The van der Waals surface area contributed by atoms with Gasteiger partial charge in [-0.2, -0.15) is 0 Å². The smallest absolute Gasteiger partial charge is 0.238 e. The van der Waals surface area contributed by atoms with Crippen molar-refractivity contribution in [2.24, 2.45) is 16.0 Å². The molecule has 156 valence electrons. The topological polar surface area (TPSA) is 87.8 Å². The quantitative estimate of drug-likeness (QED) is 0.582. The van der Waals surface area contributed by atoms with Crippen molar-refractivity contribution in [1.82, 2.24) is 10.2 Å². The molecule has 2 atom stereocenters. The van der Waals surface area contributed by atoms with E-state index in [9.17, 15) is 8.42 Å². The van der Waals surface area contributed by atoms with E-state index in [0.717, 1.165) is 37.6 Å². The summed E-state index contributed by atoms with van der Waals surface area (Å²) in [4.78, 5) is 7.18. The van der Waals surface area contributed by atoms with Crippen LogP contribution in [0.25, 0.3) is 0 Å². The molecule has 2 unspecified atom stereocenters. The van der Waals surface area contributed by atoms with E-state index in [-0.39, 0.29) is 4.90 Å². The van der Waals surface area contributed by atoms with Crippen LogP contribution in [0, 0.1) is 5.92 Å². The zero-order valence-corrected chi connectivity index (χ0v) is 17.9. The molecule has 2 aromatic rings. The Morgan fingerprint density at radius 2 is 1.97 bits per heavy atom. The van der Waals surface area contributed by atoms with Crippen LogP contribution < -0.4 is 10.5 Å². The molecule has 0 spiro atoms. The Balaban J connectivity index is 1.72. The first kappa shape index (κ1) is 21.3. The van der Waals surface area contributed by atoms with Crippen molar-refractivity contribution in [2.75, 3.05) is 19.6 Å². The molecule has 1 aliphatic heterocycles. The minimum atomic E-state index is -3.71. The summed E-state index contributed by atoms with van der Waals surface area (Å²) in [6.45, 7) is 7.40. The number of guanidine groups is 1. The fraction of sp³-hybridized carbons (Fsp3) is 0.409. The van der Waals surface area contributed by atoms with Crippen LogP contribution in [0.1, 0.15) is 37.3 Å². The first-order valence-electron chi connectivity index (χ1n) is 10.1. The summed E-state index contributed by atoms with van der Waals surface area (Å²) in [5.74, 6) is 1.94. The van der Waals surface area contributed by atoms with E-state index in [1.165, 1.54) is 11.6 Å². The number of aliphatic imine (C=N–C) groups is 1. The number of hydrogen-bond donors (Lipinski definition) is 2. The van der Waals surface area contributed by atoms with E-state index in [2.05, 4.69) is 54.4 Å². The Morgan fingerprint density at radius 1 is 1.21 bits per heavy atom. The third kappa shape index (κ3) is 5.58. The molecular weight excluding hydrogens is 384 g/mol. The molecular formula is C22H30N4O2S. The molecule has 1 heterocycles. The van der Waals surface area contributed by atoms with Crippen LogP contribution in [0.5, 0.6) is 0 Å². The van der Waals surface area contributed by atoms with Crippen LogP contribution in [0.4, 0.5) is 0 Å². The lowest BCUT2D eigenvalue weighted by atomic mass is 9.82. The normalized spacial score (nSPS) is 20.5. The van der Waals surface area contributed by atoms with E-state index in [1.54, 1.807) is 12.1 Å². The molecule has 1 fully saturated rings. The maximum atomic E-state index is 11.6. The fourth-order valence-electron chi connectivity index (χ4n) is 3.95. The highest BCUT2D eigenvalue weighted by Gasteiger charge is 2.28. The van der Waals surface area contributed by atoms with E-state index in [1.807, 2.05) is 6.07 Å². The number of sulfonamides is 1. The predicted octanol–water partition coefficient (Wildman–Crippen LogP) is 2.93. The molecule has 29 heavy (non-hydrogen) atoms. The SMILES string of the molecule is CCNC(=NCc1cccc(S(N)(=O)=O)c1)N1CCC(c2ccccc2)C(C)C1. The Morgan fingerprint density at radius 3 is 2.62 bits per heavy atom. The first-order chi connectivity index (χ1) is 13.9. The summed E-state index contributed by atoms with van der Waals surface area (Å²) in [6.07, 6.45) is 1.08. The summed E-state index contributed by atoms with van der Waals surface area (Å²) in [5, 5.41) is 8.61. The molecule has 1 aliphatic rings. The Hall–Kier alpha value is -2.38. The monoisotopic (exact) mass is 414 g/mol. The molecule has 0 bridgehead atoms. The van der Waals surface area contributed by atoms with Crippen molar-refractivity contribution in [3.63, 3.8) is 0 Å². The van der Waals surface area contributed by atoms with Crippen molar-refractivity contribution in [3.05, 3.63) is 65.7 Å². The molecule has 3 N–H and O–H groups in total. The molecule has 0 radical (unpaired) electrons. The van der Waals surface area contributed by atoms with Gasteiger partial charge < -0.3 is 10.2 Å². The molecule has 0 aliphatic carbocycles. The molecule has 0 saturated carbocycles. The molecule has 3 rings (SSSR count). The van der Waals surface area contributed by atoms with Crippen molar-refractivity contribution in [2.45, 2.75) is 37.6 Å². The highest BCUT2D eigenvalue weighted by molar-refractivity contribution is 7.89. The molecule has 2 aromatic carbocycles. The number of nitrogens with zero attached hydrogens (tertiary/aromatic N) is 2. The minimum absolute atomic E-state index is 0.118. The maximum Gasteiger partial charge on any atom is 0.238 e. The van der Waals surface area contributed by atoms with Crippen molar-refractivity contribution >= 4 is 16.0 Å². The number of primary sulfonamides is 1. The number of nitrogens with one attached hydrogen (secondary N) is 1. The summed E-state index contributed by atoms with van der Waals surface area (Å²) in [5.41, 5.74) is 2.22. The summed E-state index contributed by atoms with van der Waals surface area (Å²) >= 11 is 0. The second-order valence-corrected chi connectivity index (χ2v) is 9.15. The molecule has 0 aromatic heterocycles. The summed E-state index contributed by atoms with van der Waals surface area (Å²) < 4.78 is 23.2. The van der Waals surface area contributed by atoms with Gasteiger partial charge in [0.15, 0.2) is 5.96 Å². The fourth-order valence-corrected chi connectivity index (χ4v) is 4.53. The number of rotatable bonds is 5. The van der Waals surface area contributed by atoms with Crippen molar-refractivity contribution in [3.8, 4) is 0 Å². The Bertz CT molecular complexity index is 944. The van der Waals surface area contributed by atoms with E-state index >= 15 is 0 Å². The van der Waals surface area contributed by atoms with Gasteiger partial charge in [0.1, 0.15) is 0 Å². The maximum absolute atomic E-state index is 11.6. The molecule has 7 heteroatoms. The van der Waals surface area contributed by atoms with Gasteiger partial charge in [-0.1, -0.05) is 49.4 Å². The lowest BCUT2D eigenvalue weighted by Gasteiger charge is -2.39. The minimum Gasteiger partial charge on any atom is -0.357 e. The Labute approximate surface area is 173 Å². The lowest BCUT2D eigenvalue weighted by molar-refractivity contribution is 0.234. The average molecular weight is 415 g/mol. The van der Waals surface area contributed by atoms with Crippen LogP contribution in [0.3, 0.4) is 0 Å². The standard InChI is InChI=1S/C22H30N4O2S/c1-3-24-22(25-15-18-8-7-11-20(14-18)29(23,27)28)26-13-12-21(17(2)16-26)19-9-5-4-6-10-19/h4-11,14,17,21H,3,12-13,15-16H2,1-2H3,(H,24,25)(H2,23,27,28). The highest BCUT2D eigenvalue weighted by atomic mass is 32.2. The van der Waals surface area contributed by atoms with E-state index < -0.39 is 10.0 Å². The summed E-state index contributed by atoms with van der Waals surface area (Å²) in [6, 6.07) is 17.4. The van der Waals surface area contributed by atoms with Gasteiger partial charge in [-0.15, -0.1) is 0 Å². The second kappa shape index (κ2) is 9.41. The average Bonchev–Trinajstić information content (AvgIpc) is 2.71. The van der Waals surface area contributed by atoms with Crippen LogP contribution in [-0.4, -0.2) is 38.9 Å². The molecule has 6 nitrogen and oxygen atoms in total. The van der Waals surface area contributed by atoms with Gasteiger partial charge in [0.2, 0.25) is 10.0 Å². The first-order valence-corrected chi connectivity index (χ1v) is 11.6. The summed E-state index contributed by atoms with van der Waals surface area (Å²) in [7, 11) is -3.71. The molecule has 1 saturated heterocycles. The van der Waals surface area contributed by atoms with Gasteiger partial charge in [0.25, 0.3) is 0 Å². The van der Waals surface area contributed by atoms with Crippen molar-refractivity contribution in [1.29, 1.82) is 0 Å². The zero-order valence-electron chi connectivity index (χ0n) is 17.1. The van der Waals surface area contributed by atoms with E-state index in [4.69, 9.17) is 10.1 Å². The van der Waals surface area contributed by atoms with Gasteiger partial charge in [-0.25, -0.2) is 18.5 Å². The Kier molecular flexibility index (Phi) is 6.92. The number of nitrogens with two attached hydrogens (primary N) is 1. The van der Waals surface area contributed by atoms with Crippen LogP contribution in [0.15, 0.2) is 64.5 Å². The predicted molar refractivity (Wildman–Crippen MR) is 117 cm³/mol.